The van der Waals surface area contributed by atoms with Crippen LogP contribution in [0, 0.1) is 11.8 Å². The second kappa shape index (κ2) is 24.9. The van der Waals surface area contributed by atoms with Crippen LogP contribution in [-0.2, 0) is 28.4 Å². The van der Waals surface area contributed by atoms with Crippen molar-refractivity contribution in [2.24, 2.45) is 11.8 Å². The summed E-state index contributed by atoms with van der Waals surface area (Å²) in [5, 5.41) is 3.31. The summed E-state index contributed by atoms with van der Waals surface area (Å²) in [5.41, 5.74) is -0.838. The van der Waals surface area contributed by atoms with Gasteiger partial charge in [-0.25, -0.2) is 9.59 Å². The fourth-order valence-electron chi connectivity index (χ4n) is 6.89. The van der Waals surface area contributed by atoms with Crippen molar-refractivity contribution in [1.82, 2.24) is 29.8 Å². The van der Waals surface area contributed by atoms with Gasteiger partial charge in [-0.2, -0.15) is 0 Å². The molecule has 1 N–H and O–H groups in total. The summed E-state index contributed by atoms with van der Waals surface area (Å²) in [7, 11) is 6.85. The highest BCUT2D eigenvalue weighted by atomic mass is 35.5. The van der Waals surface area contributed by atoms with Gasteiger partial charge in [0, 0.05) is 118 Å². The molecule has 4 saturated heterocycles. The van der Waals surface area contributed by atoms with Gasteiger partial charge < -0.3 is 48.4 Å². The predicted octanol–water partition coefficient (Wildman–Crippen LogP) is 4.25. The molecule has 0 aromatic carbocycles. The van der Waals surface area contributed by atoms with Crippen LogP contribution in [0.4, 0.5) is 9.59 Å². The quantitative estimate of drug-likeness (QED) is 0.239. The second-order valence-electron chi connectivity index (χ2n) is 16.3. The zero-order valence-electron chi connectivity index (χ0n) is 34.8. The Balaban J connectivity index is 0.000000305. The minimum absolute atomic E-state index is 0.00269. The van der Waals surface area contributed by atoms with Gasteiger partial charge in [-0.15, -0.1) is 11.6 Å². The van der Waals surface area contributed by atoms with E-state index in [1.54, 1.807) is 33.3 Å². The van der Waals surface area contributed by atoms with Gasteiger partial charge in [0.05, 0.1) is 0 Å². The van der Waals surface area contributed by atoms with Crippen LogP contribution in [0.1, 0.15) is 67.2 Å². The van der Waals surface area contributed by atoms with Crippen LogP contribution >= 0.6 is 11.6 Å². The predicted molar refractivity (Wildman–Crippen MR) is 210 cm³/mol. The molecule has 0 spiro atoms. The molecule has 14 nitrogen and oxygen atoms in total. The lowest BCUT2D eigenvalue weighted by Gasteiger charge is -2.38. The number of carbonyl (C=O) groups excluding carboxylic acids is 2. The van der Waals surface area contributed by atoms with Crippen molar-refractivity contribution in [1.29, 1.82) is 0 Å². The molecular formula is C38H75ClN6O8. The van der Waals surface area contributed by atoms with Crippen molar-refractivity contribution in [3.63, 3.8) is 0 Å². The van der Waals surface area contributed by atoms with Crippen LogP contribution in [0.15, 0.2) is 0 Å². The standard InChI is InChI=1S/C19H37N3O4.C11H21ClN2O2.C8H17NO2/c1-19(2,3)26-18(23)22-14-12-21(13-15-22)11-10-20-8-6-16(7-9-20)17(24-4)25-5;1-11(2,3)16-10(15)14-8-6-13(5-4-12)7-9-14;1-10-8(11-2)7-3-5-9-6-4-7/h16-17H,6-15H2,1-5H3;4-9H2,1-3H3;7-9H,3-6H2,1-2H3. The molecule has 0 radical (unpaired) electrons. The number of ether oxygens (including phenoxy) is 6. The van der Waals surface area contributed by atoms with E-state index < -0.39 is 11.2 Å². The molecule has 0 atom stereocenters. The summed E-state index contributed by atoms with van der Waals surface area (Å²) in [6.45, 7) is 25.4. The Bertz CT molecular complexity index is 980. The molecule has 4 aliphatic rings. The number of hydrogen-bond donors (Lipinski definition) is 1. The Kier molecular flexibility index (Phi) is 22.4. The van der Waals surface area contributed by atoms with Crippen molar-refractivity contribution >= 4 is 23.8 Å². The van der Waals surface area contributed by atoms with E-state index in [1.807, 2.05) is 46.4 Å². The largest absolute Gasteiger partial charge is 0.444 e. The molecule has 4 heterocycles. The van der Waals surface area contributed by atoms with Gasteiger partial charge in [-0.3, -0.25) is 9.80 Å². The van der Waals surface area contributed by atoms with Gasteiger partial charge in [0.25, 0.3) is 0 Å². The average molecular weight is 780 g/mol. The van der Waals surface area contributed by atoms with E-state index in [4.69, 9.17) is 40.0 Å². The number of rotatable bonds is 11. The molecular weight excluding hydrogens is 704 g/mol. The van der Waals surface area contributed by atoms with E-state index in [-0.39, 0.29) is 24.8 Å². The zero-order valence-corrected chi connectivity index (χ0v) is 35.6. The molecule has 0 aromatic rings. The van der Waals surface area contributed by atoms with Crippen LogP contribution in [0.3, 0.4) is 0 Å². The second-order valence-corrected chi connectivity index (χ2v) is 16.6. The van der Waals surface area contributed by atoms with E-state index >= 15 is 0 Å². The number of nitrogens with one attached hydrogen (secondary N) is 1. The third kappa shape index (κ3) is 19.3. The minimum Gasteiger partial charge on any atom is -0.444 e. The van der Waals surface area contributed by atoms with Crippen molar-refractivity contribution in [3.05, 3.63) is 0 Å². The maximum absolute atomic E-state index is 12.1. The number of likely N-dealkylation sites (tertiary alicyclic amines) is 1. The highest BCUT2D eigenvalue weighted by Gasteiger charge is 2.29. The smallest absolute Gasteiger partial charge is 0.410 e. The molecule has 0 unspecified atom stereocenters. The SMILES string of the molecule is CC(C)(C)OC(=O)N1CCN(CCCl)CC1.COC(OC)C1CCN(CCN2CCN(C(=O)OC(C)(C)C)CC2)CC1.COC(OC)C1CCNCC1. The number of halogens is 1. The third-order valence-corrected chi connectivity index (χ3v) is 10.1. The van der Waals surface area contributed by atoms with Crippen LogP contribution in [0.5, 0.6) is 0 Å². The fraction of sp³-hybridized carbons (Fsp3) is 0.947. The van der Waals surface area contributed by atoms with Crippen molar-refractivity contribution in [2.45, 2.75) is 91.0 Å². The summed E-state index contributed by atoms with van der Waals surface area (Å²) in [4.78, 5) is 34.7. The molecule has 0 aliphatic carbocycles. The van der Waals surface area contributed by atoms with Crippen molar-refractivity contribution in [2.75, 3.05) is 132 Å². The van der Waals surface area contributed by atoms with E-state index in [1.165, 1.54) is 0 Å². The van der Waals surface area contributed by atoms with Crippen LogP contribution < -0.4 is 5.32 Å². The molecule has 4 aliphatic heterocycles. The molecule has 0 bridgehead atoms. The van der Waals surface area contributed by atoms with E-state index in [9.17, 15) is 9.59 Å². The van der Waals surface area contributed by atoms with Gasteiger partial charge in [0.15, 0.2) is 12.6 Å². The molecule has 0 aromatic heterocycles. The lowest BCUT2D eigenvalue weighted by Crippen LogP contribution is -2.51. The number of piperidine rings is 2. The molecule has 4 fully saturated rings. The van der Waals surface area contributed by atoms with Crippen molar-refractivity contribution in [3.8, 4) is 0 Å². The maximum Gasteiger partial charge on any atom is 0.410 e. The lowest BCUT2D eigenvalue weighted by atomic mass is 9.96. The molecule has 4 rings (SSSR count). The summed E-state index contributed by atoms with van der Waals surface area (Å²) in [5.74, 6) is 1.72. The minimum atomic E-state index is -0.426. The maximum atomic E-state index is 12.1. The first kappa shape index (κ1) is 47.7. The van der Waals surface area contributed by atoms with Crippen molar-refractivity contribution < 1.29 is 38.0 Å². The first-order valence-electron chi connectivity index (χ1n) is 19.6. The first-order chi connectivity index (χ1) is 25.1. The number of nitrogens with zero attached hydrogens (tertiary/aromatic N) is 5. The number of methoxy groups -OCH3 is 4. The molecule has 15 heteroatoms. The average Bonchev–Trinajstić information content (AvgIpc) is 3.12. The van der Waals surface area contributed by atoms with Gasteiger partial charge >= 0.3 is 12.2 Å². The summed E-state index contributed by atoms with van der Waals surface area (Å²) in [6.07, 6.45) is 4.09. The van der Waals surface area contributed by atoms with Gasteiger partial charge in [-0.1, -0.05) is 0 Å². The van der Waals surface area contributed by atoms with E-state index in [0.29, 0.717) is 17.7 Å². The molecule has 0 saturated carbocycles. The van der Waals surface area contributed by atoms with E-state index in [2.05, 4.69) is 20.0 Å². The number of amides is 2. The Morgan fingerprint density at radius 2 is 0.906 bits per heavy atom. The Morgan fingerprint density at radius 3 is 1.25 bits per heavy atom. The Hall–Kier alpha value is -1.49. The number of alkyl halides is 1. The highest BCUT2D eigenvalue weighted by molar-refractivity contribution is 6.18. The van der Waals surface area contributed by atoms with Crippen LogP contribution in [-0.4, -0.2) is 193 Å². The van der Waals surface area contributed by atoms with Gasteiger partial charge in [0.1, 0.15) is 11.2 Å². The number of carbonyl (C=O) groups is 2. The van der Waals surface area contributed by atoms with Crippen LogP contribution in [0.2, 0.25) is 0 Å². The normalized spacial score (nSPS) is 20.5. The molecule has 312 valence electrons. The van der Waals surface area contributed by atoms with Gasteiger partial charge in [-0.05, 0) is 93.4 Å². The zero-order chi connectivity index (χ0) is 39.4. The summed E-state index contributed by atoms with van der Waals surface area (Å²) >= 11 is 5.67. The number of hydrogen-bond acceptors (Lipinski definition) is 12. The summed E-state index contributed by atoms with van der Waals surface area (Å²) < 4.78 is 31.9. The highest BCUT2D eigenvalue weighted by Crippen LogP contribution is 2.23. The fourth-order valence-corrected chi connectivity index (χ4v) is 7.13. The monoisotopic (exact) mass is 779 g/mol. The third-order valence-electron chi connectivity index (χ3n) is 9.90. The Morgan fingerprint density at radius 1 is 0.566 bits per heavy atom. The number of piperazine rings is 2. The van der Waals surface area contributed by atoms with Gasteiger partial charge in [0.2, 0.25) is 0 Å². The molecule has 53 heavy (non-hydrogen) atoms. The summed E-state index contributed by atoms with van der Waals surface area (Å²) in [6, 6.07) is 0. The van der Waals surface area contributed by atoms with E-state index in [0.717, 1.165) is 124 Å². The molecule has 2 amide bonds. The topological polar surface area (TPSA) is 118 Å². The Labute approximate surface area is 326 Å². The van der Waals surface area contributed by atoms with Crippen LogP contribution in [0.25, 0.3) is 0 Å². The lowest BCUT2D eigenvalue weighted by molar-refractivity contribution is -0.147. The first-order valence-corrected chi connectivity index (χ1v) is 20.2.